The summed E-state index contributed by atoms with van der Waals surface area (Å²) >= 11 is 0. The van der Waals surface area contributed by atoms with Gasteiger partial charge in [-0.3, -0.25) is 9.59 Å². The normalized spacial score (nSPS) is 16.6. The lowest BCUT2D eigenvalue weighted by atomic mass is 10.0. The van der Waals surface area contributed by atoms with Crippen LogP contribution in [0.3, 0.4) is 0 Å². The van der Waals surface area contributed by atoms with Gasteiger partial charge in [-0.25, -0.2) is 28.1 Å². The van der Waals surface area contributed by atoms with Crippen molar-refractivity contribution in [3.63, 3.8) is 0 Å². The number of hydrogen-bond acceptors (Lipinski definition) is 7. The number of anilines is 3. The van der Waals surface area contributed by atoms with Gasteiger partial charge < -0.3 is 20.4 Å². The van der Waals surface area contributed by atoms with E-state index in [4.69, 9.17) is 0 Å². The fraction of sp³-hybridized carbons (Fsp3) is 0.269. The Morgan fingerprint density at radius 1 is 1.05 bits per heavy atom. The second kappa shape index (κ2) is 10.1. The fourth-order valence-corrected chi connectivity index (χ4v) is 4.42. The van der Waals surface area contributed by atoms with Crippen LogP contribution >= 0.6 is 0 Å². The number of carbonyl (C=O) groups is 2. The van der Waals surface area contributed by atoms with Crippen molar-refractivity contribution in [1.82, 2.24) is 20.3 Å². The first-order chi connectivity index (χ1) is 18.2. The predicted octanol–water partition coefficient (Wildman–Crippen LogP) is 3.27. The molecule has 0 atom stereocenters. The molecule has 2 aliphatic heterocycles. The van der Waals surface area contributed by atoms with Crippen LogP contribution in [0.2, 0.25) is 0 Å². The third-order valence-corrected chi connectivity index (χ3v) is 6.40. The van der Waals surface area contributed by atoms with Crippen molar-refractivity contribution in [3.05, 3.63) is 73.0 Å². The number of nitrogens with one attached hydrogen (secondary N) is 2. The van der Waals surface area contributed by atoms with Gasteiger partial charge in [0.25, 0.3) is 11.8 Å². The van der Waals surface area contributed by atoms with Gasteiger partial charge in [0.15, 0.2) is 5.82 Å². The van der Waals surface area contributed by atoms with Gasteiger partial charge in [-0.15, -0.1) is 0 Å². The number of alkyl halides is 2. The molecule has 0 aliphatic carbocycles. The minimum absolute atomic E-state index is 0.0332. The van der Waals surface area contributed by atoms with Gasteiger partial charge in [0.05, 0.1) is 23.8 Å². The fourth-order valence-electron chi connectivity index (χ4n) is 4.42. The average Bonchev–Trinajstić information content (AvgIpc) is 3.25. The van der Waals surface area contributed by atoms with Crippen LogP contribution in [0.1, 0.15) is 16.8 Å². The zero-order chi connectivity index (χ0) is 26.9. The highest BCUT2D eigenvalue weighted by Crippen LogP contribution is 2.39. The number of pyridine rings is 1. The Hall–Kier alpha value is -4.48. The number of aromatic nitrogens is 3. The van der Waals surface area contributed by atoms with Crippen molar-refractivity contribution >= 4 is 29.3 Å². The molecule has 2 aliphatic rings. The van der Waals surface area contributed by atoms with E-state index in [0.29, 0.717) is 24.6 Å². The Morgan fingerprint density at radius 3 is 2.45 bits per heavy atom. The molecule has 0 bridgehead atoms. The lowest BCUT2D eigenvalue weighted by molar-refractivity contribution is -0.117. The van der Waals surface area contributed by atoms with Gasteiger partial charge >= 0.3 is 0 Å². The SMILES string of the molecule is C=CC(=O)NC1CN(c2ncc(C(=O)Nc3c(-c4ccccc4F)ccnc3N3CCC(F)(F)C3)cn2)C1. The molecule has 2 saturated heterocycles. The summed E-state index contributed by atoms with van der Waals surface area (Å²) < 4.78 is 42.7. The maximum absolute atomic E-state index is 14.7. The van der Waals surface area contributed by atoms with E-state index >= 15 is 0 Å². The van der Waals surface area contributed by atoms with Gasteiger partial charge in [-0.2, -0.15) is 0 Å². The number of halogens is 3. The Labute approximate surface area is 216 Å². The van der Waals surface area contributed by atoms with Crippen LogP contribution in [-0.2, 0) is 4.79 Å². The summed E-state index contributed by atoms with van der Waals surface area (Å²) in [5, 5.41) is 5.51. The second-order valence-electron chi connectivity index (χ2n) is 9.10. The third-order valence-electron chi connectivity index (χ3n) is 6.40. The molecule has 2 aromatic heterocycles. The van der Waals surface area contributed by atoms with E-state index < -0.39 is 24.2 Å². The van der Waals surface area contributed by atoms with E-state index in [-0.39, 0.29) is 47.5 Å². The minimum Gasteiger partial charge on any atom is -0.349 e. The number of amides is 2. The summed E-state index contributed by atoms with van der Waals surface area (Å²) in [4.78, 5) is 40.6. The Morgan fingerprint density at radius 2 is 1.79 bits per heavy atom. The minimum atomic E-state index is -2.90. The zero-order valence-electron chi connectivity index (χ0n) is 20.2. The van der Waals surface area contributed by atoms with E-state index in [1.807, 2.05) is 4.90 Å². The van der Waals surface area contributed by atoms with Gasteiger partial charge in [0.1, 0.15) is 5.82 Å². The standard InChI is InChI=1S/C26H24F3N7O2/c1-2-21(37)33-17-13-36(14-17)25-31-11-16(12-32-25)24(38)34-22-19(18-5-3-4-6-20(18)27)7-9-30-23(22)35-10-8-26(28,29)15-35/h2-7,9,11-12,17H,1,8,10,13-15H2,(H,33,37)(H,34,38). The number of benzene rings is 1. The van der Waals surface area contributed by atoms with E-state index in [1.54, 1.807) is 12.1 Å². The van der Waals surface area contributed by atoms with Gasteiger partial charge in [-0.05, 0) is 18.2 Å². The monoisotopic (exact) mass is 523 g/mol. The molecule has 0 saturated carbocycles. The summed E-state index contributed by atoms with van der Waals surface area (Å²) in [5.74, 6) is -3.78. The molecule has 2 amide bonds. The summed E-state index contributed by atoms with van der Waals surface area (Å²) in [6.07, 6.45) is 4.94. The van der Waals surface area contributed by atoms with Crippen LogP contribution in [0, 0.1) is 5.82 Å². The van der Waals surface area contributed by atoms with Crippen LogP contribution in [-0.4, -0.2) is 64.9 Å². The van der Waals surface area contributed by atoms with Crippen molar-refractivity contribution in [3.8, 4) is 11.1 Å². The molecule has 1 aromatic carbocycles. The molecule has 12 heteroatoms. The van der Waals surface area contributed by atoms with Crippen molar-refractivity contribution in [2.24, 2.45) is 0 Å². The molecule has 4 heterocycles. The van der Waals surface area contributed by atoms with Crippen LogP contribution in [0.15, 0.2) is 61.6 Å². The van der Waals surface area contributed by atoms with Gasteiger partial charge in [-0.1, -0.05) is 24.8 Å². The van der Waals surface area contributed by atoms with Crippen molar-refractivity contribution in [2.45, 2.75) is 18.4 Å². The lowest BCUT2D eigenvalue weighted by Gasteiger charge is -2.39. The van der Waals surface area contributed by atoms with Crippen LogP contribution in [0.4, 0.5) is 30.6 Å². The highest BCUT2D eigenvalue weighted by Gasteiger charge is 2.40. The smallest absolute Gasteiger partial charge is 0.266 e. The number of carbonyl (C=O) groups excluding carboxylic acids is 2. The average molecular weight is 524 g/mol. The van der Waals surface area contributed by atoms with E-state index in [9.17, 15) is 22.8 Å². The molecule has 2 fully saturated rings. The highest BCUT2D eigenvalue weighted by molar-refractivity contribution is 6.08. The molecule has 0 unspecified atom stereocenters. The molecule has 0 radical (unpaired) electrons. The van der Waals surface area contributed by atoms with Crippen molar-refractivity contribution in [1.29, 1.82) is 0 Å². The van der Waals surface area contributed by atoms with Crippen LogP contribution < -0.4 is 20.4 Å². The highest BCUT2D eigenvalue weighted by atomic mass is 19.3. The molecular weight excluding hydrogens is 499 g/mol. The maximum atomic E-state index is 14.7. The molecule has 38 heavy (non-hydrogen) atoms. The van der Waals surface area contributed by atoms with Crippen LogP contribution in [0.25, 0.3) is 11.1 Å². The summed E-state index contributed by atoms with van der Waals surface area (Å²) in [7, 11) is 0. The summed E-state index contributed by atoms with van der Waals surface area (Å²) in [6, 6.07) is 7.47. The first-order valence-corrected chi connectivity index (χ1v) is 11.9. The number of nitrogens with zero attached hydrogens (tertiary/aromatic N) is 5. The van der Waals surface area contributed by atoms with Gasteiger partial charge in [0, 0.05) is 55.8 Å². The quantitative estimate of drug-likeness (QED) is 0.458. The van der Waals surface area contributed by atoms with Crippen molar-refractivity contribution < 1.29 is 22.8 Å². The van der Waals surface area contributed by atoms with Crippen molar-refractivity contribution in [2.75, 3.05) is 41.3 Å². The largest absolute Gasteiger partial charge is 0.349 e. The summed E-state index contributed by atoms with van der Waals surface area (Å²) in [5.41, 5.74) is 0.738. The molecule has 2 N–H and O–H groups in total. The van der Waals surface area contributed by atoms with E-state index in [0.717, 1.165) is 0 Å². The Balaban J connectivity index is 1.38. The molecular formula is C26H24F3N7O2. The first kappa shape index (κ1) is 25.2. The first-order valence-electron chi connectivity index (χ1n) is 11.9. The second-order valence-corrected chi connectivity index (χ2v) is 9.10. The topological polar surface area (TPSA) is 103 Å². The molecule has 3 aromatic rings. The summed E-state index contributed by atoms with van der Waals surface area (Å²) in [6.45, 7) is 3.91. The molecule has 0 spiro atoms. The zero-order valence-corrected chi connectivity index (χ0v) is 20.2. The maximum Gasteiger partial charge on any atom is 0.266 e. The molecule has 5 rings (SSSR count). The molecule has 9 nitrogen and oxygen atoms in total. The number of rotatable bonds is 7. The van der Waals surface area contributed by atoms with Crippen LogP contribution in [0.5, 0.6) is 0 Å². The van der Waals surface area contributed by atoms with Gasteiger partial charge in [0.2, 0.25) is 11.9 Å². The molecule has 196 valence electrons. The van der Waals surface area contributed by atoms with E-state index in [1.165, 1.54) is 47.8 Å². The Kier molecular flexibility index (Phi) is 6.70. The number of hydrogen-bond donors (Lipinski definition) is 2. The Bertz CT molecular complexity index is 1380. The predicted molar refractivity (Wildman–Crippen MR) is 136 cm³/mol. The lowest BCUT2D eigenvalue weighted by Crippen LogP contribution is -2.59. The van der Waals surface area contributed by atoms with E-state index in [2.05, 4.69) is 32.2 Å². The third kappa shape index (κ3) is 5.15.